The zero-order chi connectivity index (χ0) is 17.0. The number of carbonyl (C=O) groups is 3. The predicted molar refractivity (Wildman–Crippen MR) is 92.6 cm³/mol. The first kappa shape index (κ1) is 17.6. The normalized spacial score (nSPS) is 17.0. The number of carbonyl (C=O) groups excluding carboxylic acids is 3. The zero-order valence-electron chi connectivity index (χ0n) is 12.5. The molecule has 0 bridgehead atoms. The summed E-state index contributed by atoms with van der Waals surface area (Å²) < 4.78 is 0.216. The molecule has 1 heterocycles. The van der Waals surface area contributed by atoms with E-state index >= 15 is 0 Å². The fraction of sp³-hybridized carbons (Fsp3) is 0.333. The summed E-state index contributed by atoms with van der Waals surface area (Å²) in [6.07, 6.45) is 0.259. The van der Waals surface area contributed by atoms with Crippen molar-refractivity contribution in [3.05, 3.63) is 35.9 Å². The SMILES string of the molecule is CC(N)C(=O)NC(Cc1ccccc1)C(=O)N1C(=O)CSC1=S. The highest BCUT2D eigenvalue weighted by molar-refractivity contribution is 8.24. The first-order valence-electron chi connectivity index (χ1n) is 7.03. The van der Waals surface area contributed by atoms with E-state index in [2.05, 4.69) is 5.32 Å². The van der Waals surface area contributed by atoms with Gasteiger partial charge in [0.1, 0.15) is 6.04 Å². The van der Waals surface area contributed by atoms with Crippen molar-refractivity contribution in [3.8, 4) is 0 Å². The first-order chi connectivity index (χ1) is 10.9. The lowest BCUT2D eigenvalue weighted by Gasteiger charge is -2.23. The zero-order valence-corrected chi connectivity index (χ0v) is 14.2. The van der Waals surface area contributed by atoms with E-state index in [-0.39, 0.29) is 22.4 Å². The number of imide groups is 1. The molecule has 23 heavy (non-hydrogen) atoms. The van der Waals surface area contributed by atoms with E-state index in [1.165, 1.54) is 6.92 Å². The summed E-state index contributed by atoms with van der Waals surface area (Å²) in [6, 6.07) is 7.58. The van der Waals surface area contributed by atoms with E-state index in [9.17, 15) is 14.4 Å². The maximum Gasteiger partial charge on any atom is 0.257 e. The van der Waals surface area contributed by atoms with Crippen LogP contribution in [0.3, 0.4) is 0 Å². The van der Waals surface area contributed by atoms with Crippen LogP contribution in [-0.4, -0.2) is 44.8 Å². The average molecular weight is 351 g/mol. The molecule has 1 aromatic rings. The van der Waals surface area contributed by atoms with Gasteiger partial charge < -0.3 is 11.1 Å². The molecule has 2 atom stereocenters. The first-order valence-corrected chi connectivity index (χ1v) is 8.43. The van der Waals surface area contributed by atoms with Crippen LogP contribution in [0.25, 0.3) is 0 Å². The molecule has 1 aromatic carbocycles. The monoisotopic (exact) mass is 351 g/mol. The fourth-order valence-electron chi connectivity index (χ4n) is 2.08. The van der Waals surface area contributed by atoms with Crippen molar-refractivity contribution in [1.82, 2.24) is 10.2 Å². The number of nitrogens with two attached hydrogens (primary N) is 1. The quantitative estimate of drug-likeness (QED) is 0.748. The smallest absolute Gasteiger partial charge is 0.257 e. The van der Waals surface area contributed by atoms with Crippen LogP contribution in [-0.2, 0) is 20.8 Å². The minimum absolute atomic E-state index is 0.143. The third kappa shape index (κ3) is 4.37. The molecule has 122 valence electrons. The van der Waals surface area contributed by atoms with Gasteiger partial charge in [-0.25, -0.2) is 4.90 Å². The van der Waals surface area contributed by atoms with Gasteiger partial charge in [0.15, 0.2) is 4.32 Å². The van der Waals surface area contributed by atoms with Gasteiger partial charge in [-0.15, -0.1) is 0 Å². The fourth-order valence-corrected chi connectivity index (χ4v) is 3.14. The van der Waals surface area contributed by atoms with E-state index in [1.807, 2.05) is 30.3 Å². The standard InChI is InChI=1S/C15H17N3O3S2/c1-9(16)13(20)17-11(7-10-5-3-2-4-6-10)14(21)18-12(19)8-23-15(18)22/h2-6,9,11H,7-8,16H2,1H3,(H,17,20). The van der Waals surface area contributed by atoms with Crippen molar-refractivity contribution in [3.63, 3.8) is 0 Å². The summed E-state index contributed by atoms with van der Waals surface area (Å²) >= 11 is 6.19. The van der Waals surface area contributed by atoms with Gasteiger partial charge in [0.05, 0.1) is 11.8 Å². The van der Waals surface area contributed by atoms with E-state index in [0.29, 0.717) is 0 Å². The Morgan fingerprint density at radius 2 is 2.04 bits per heavy atom. The molecule has 1 aliphatic rings. The molecule has 8 heteroatoms. The van der Waals surface area contributed by atoms with Crippen LogP contribution in [0.15, 0.2) is 30.3 Å². The molecule has 1 saturated heterocycles. The Labute approximate surface area is 143 Å². The van der Waals surface area contributed by atoms with E-state index in [0.717, 1.165) is 22.2 Å². The number of thioether (sulfide) groups is 1. The molecule has 2 unspecified atom stereocenters. The van der Waals surface area contributed by atoms with Crippen molar-refractivity contribution >= 4 is 46.0 Å². The van der Waals surface area contributed by atoms with Crippen molar-refractivity contribution < 1.29 is 14.4 Å². The maximum absolute atomic E-state index is 12.7. The summed E-state index contributed by atoms with van der Waals surface area (Å²) in [5.41, 5.74) is 6.41. The second-order valence-electron chi connectivity index (χ2n) is 5.16. The molecule has 3 N–H and O–H groups in total. The van der Waals surface area contributed by atoms with Crippen molar-refractivity contribution in [2.45, 2.75) is 25.4 Å². The molecule has 3 amide bonds. The second kappa shape index (κ2) is 7.67. The Balaban J connectivity index is 2.21. The van der Waals surface area contributed by atoms with Gasteiger partial charge in [-0.1, -0.05) is 54.3 Å². The van der Waals surface area contributed by atoms with Crippen LogP contribution in [0.5, 0.6) is 0 Å². The van der Waals surface area contributed by atoms with Crippen LogP contribution >= 0.6 is 24.0 Å². The Kier molecular flexibility index (Phi) is 5.86. The van der Waals surface area contributed by atoms with Gasteiger partial charge in [0, 0.05) is 6.42 Å². The Morgan fingerprint density at radius 3 is 2.57 bits per heavy atom. The third-order valence-electron chi connectivity index (χ3n) is 3.28. The molecule has 0 aliphatic carbocycles. The summed E-state index contributed by atoms with van der Waals surface area (Å²) in [7, 11) is 0. The summed E-state index contributed by atoms with van der Waals surface area (Å²) in [5.74, 6) is -1.20. The molecule has 1 aliphatic heterocycles. The van der Waals surface area contributed by atoms with Crippen LogP contribution in [0.1, 0.15) is 12.5 Å². The highest BCUT2D eigenvalue weighted by Crippen LogP contribution is 2.21. The van der Waals surface area contributed by atoms with Gasteiger partial charge in [-0.3, -0.25) is 14.4 Å². The summed E-state index contributed by atoms with van der Waals surface area (Å²) in [4.78, 5) is 37.4. The van der Waals surface area contributed by atoms with Gasteiger partial charge in [0.25, 0.3) is 5.91 Å². The lowest BCUT2D eigenvalue weighted by Crippen LogP contribution is -2.53. The molecule has 2 rings (SSSR count). The lowest BCUT2D eigenvalue weighted by molar-refractivity contribution is -0.140. The lowest BCUT2D eigenvalue weighted by atomic mass is 10.0. The number of amides is 3. The number of thiocarbonyl (C=S) groups is 1. The topological polar surface area (TPSA) is 92.5 Å². The highest BCUT2D eigenvalue weighted by Gasteiger charge is 2.37. The van der Waals surface area contributed by atoms with Gasteiger partial charge in [0.2, 0.25) is 11.8 Å². The van der Waals surface area contributed by atoms with Crippen molar-refractivity contribution in [2.75, 3.05) is 5.75 Å². The molecule has 0 spiro atoms. The maximum atomic E-state index is 12.7. The van der Waals surface area contributed by atoms with E-state index < -0.39 is 23.9 Å². The summed E-state index contributed by atoms with van der Waals surface area (Å²) in [5, 5.41) is 2.61. The Hall–Kier alpha value is -1.77. The van der Waals surface area contributed by atoms with Crippen LogP contribution in [0, 0.1) is 0 Å². The van der Waals surface area contributed by atoms with E-state index in [4.69, 9.17) is 18.0 Å². The number of benzene rings is 1. The molecule has 0 aromatic heterocycles. The number of hydrogen-bond acceptors (Lipinski definition) is 6. The Morgan fingerprint density at radius 1 is 1.39 bits per heavy atom. The molecular weight excluding hydrogens is 334 g/mol. The highest BCUT2D eigenvalue weighted by atomic mass is 32.2. The predicted octanol–water partition coefficient (Wildman–Crippen LogP) is 0.448. The van der Waals surface area contributed by atoms with Crippen LogP contribution in [0.4, 0.5) is 0 Å². The average Bonchev–Trinajstić information content (AvgIpc) is 2.85. The summed E-state index contributed by atoms with van der Waals surface area (Å²) in [6.45, 7) is 1.53. The minimum atomic E-state index is -0.892. The van der Waals surface area contributed by atoms with Crippen molar-refractivity contribution in [2.24, 2.45) is 5.73 Å². The van der Waals surface area contributed by atoms with E-state index in [1.54, 1.807) is 0 Å². The second-order valence-corrected chi connectivity index (χ2v) is 6.77. The van der Waals surface area contributed by atoms with Gasteiger partial charge in [-0.2, -0.15) is 0 Å². The van der Waals surface area contributed by atoms with Gasteiger partial charge in [-0.05, 0) is 12.5 Å². The molecular formula is C15H17N3O3S2. The molecule has 6 nitrogen and oxygen atoms in total. The minimum Gasteiger partial charge on any atom is -0.343 e. The largest absolute Gasteiger partial charge is 0.343 e. The third-order valence-corrected chi connectivity index (χ3v) is 4.64. The van der Waals surface area contributed by atoms with Crippen LogP contribution < -0.4 is 11.1 Å². The Bertz CT molecular complexity index is 618. The van der Waals surface area contributed by atoms with Crippen LogP contribution in [0.2, 0.25) is 0 Å². The molecule has 0 saturated carbocycles. The number of rotatable bonds is 5. The van der Waals surface area contributed by atoms with Crippen molar-refractivity contribution in [1.29, 1.82) is 0 Å². The molecule has 0 radical (unpaired) electrons. The number of hydrogen-bond donors (Lipinski definition) is 2. The number of nitrogens with zero attached hydrogens (tertiary/aromatic N) is 1. The van der Waals surface area contributed by atoms with Gasteiger partial charge >= 0.3 is 0 Å². The number of nitrogens with one attached hydrogen (secondary N) is 1. The molecule has 1 fully saturated rings.